The normalized spacial score (nSPS) is 19.0. The van der Waals surface area contributed by atoms with Gasteiger partial charge >= 0.3 is 5.97 Å². The molecule has 1 unspecified atom stereocenters. The fourth-order valence-corrected chi connectivity index (χ4v) is 2.91. The van der Waals surface area contributed by atoms with Crippen LogP contribution in [-0.4, -0.2) is 33.6 Å². The van der Waals surface area contributed by atoms with Crippen molar-refractivity contribution in [3.8, 4) is 6.07 Å². The maximum Gasteiger partial charge on any atom is 0.305 e. The average Bonchev–Trinajstić information content (AvgIpc) is 2.86. The van der Waals surface area contributed by atoms with Gasteiger partial charge in [0.25, 0.3) is 0 Å². The highest BCUT2D eigenvalue weighted by atomic mass is 32.2. The molecule has 0 aliphatic carbocycles. The summed E-state index contributed by atoms with van der Waals surface area (Å²) in [5.74, 6) is -1.41. The number of nitrogens with zero attached hydrogens (tertiary/aromatic N) is 3. The second-order valence-corrected chi connectivity index (χ2v) is 5.91. The Bertz CT molecular complexity index is 737. The molecule has 8 heteroatoms. The molecule has 0 aromatic heterocycles. The van der Waals surface area contributed by atoms with E-state index in [2.05, 4.69) is 21.6 Å². The van der Waals surface area contributed by atoms with Crippen LogP contribution in [0.3, 0.4) is 0 Å². The van der Waals surface area contributed by atoms with Gasteiger partial charge in [0.1, 0.15) is 5.25 Å². The van der Waals surface area contributed by atoms with Crippen molar-refractivity contribution >= 4 is 35.0 Å². The second-order valence-electron chi connectivity index (χ2n) is 4.72. The molecule has 1 fully saturated rings. The average molecular weight is 330 g/mol. The standard InChI is InChI=1S/C15H14N4O3S/c1-2-10-5-9(7-16)3-4-11(10)8-17-19-15-18-14(22)12(23-15)6-13(20)21/h3-5,8,12H,2,6H2,1H3,(H,20,21)(H,18,19,22). The fourth-order valence-electron chi connectivity index (χ4n) is 2.00. The second kappa shape index (κ2) is 7.56. The van der Waals surface area contributed by atoms with E-state index in [1.54, 1.807) is 24.4 Å². The van der Waals surface area contributed by atoms with Crippen molar-refractivity contribution in [1.29, 1.82) is 5.26 Å². The maximum atomic E-state index is 11.6. The number of carboxylic acid groups (broad SMARTS) is 1. The van der Waals surface area contributed by atoms with E-state index in [0.29, 0.717) is 5.56 Å². The first-order valence-corrected chi connectivity index (χ1v) is 7.74. The number of aliphatic carboxylic acids is 1. The van der Waals surface area contributed by atoms with Crippen molar-refractivity contribution in [2.24, 2.45) is 10.2 Å². The molecule has 0 saturated carbocycles. The predicted molar refractivity (Wildman–Crippen MR) is 87.3 cm³/mol. The van der Waals surface area contributed by atoms with Gasteiger partial charge in [-0.2, -0.15) is 10.4 Å². The molecule has 2 rings (SSSR count). The summed E-state index contributed by atoms with van der Waals surface area (Å²) in [4.78, 5) is 22.2. The molecule has 7 nitrogen and oxygen atoms in total. The summed E-state index contributed by atoms with van der Waals surface area (Å²) in [5.41, 5.74) is 2.40. The molecule has 1 heterocycles. The van der Waals surface area contributed by atoms with Crippen molar-refractivity contribution in [2.75, 3.05) is 0 Å². The topological polar surface area (TPSA) is 115 Å². The van der Waals surface area contributed by atoms with Crippen LogP contribution < -0.4 is 5.32 Å². The van der Waals surface area contributed by atoms with Gasteiger partial charge in [0.2, 0.25) is 5.91 Å². The Kier molecular flexibility index (Phi) is 5.49. The number of hydrogen-bond donors (Lipinski definition) is 2. The number of rotatable bonds is 5. The number of amidine groups is 1. The van der Waals surface area contributed by atoms with E-state index in [0.717, 1.165) is 29.3 Å². The van der Waals surface area contributed by atoms with Gasteiger partial charge in [-0.3, -0.25) is 9.59 Å². The van der Waals surface area contributed by atoms with Gasteiger partial charge in [0.05, 0.1) is 24.3 Å². The molecule has 0 spiro atoms. The van der Waals surface area contributed by atoms with E-state index in [1.165, 1.54) is 0 Å². The van der Waals surface area contributed by atoms with Gasteiger partial charge < -0.3 is 10.4 Å². The zero-order valence-electron chi connectivity index (χ0n) is 12.3. The highest BCUT2D eigenvalue weighted by Crippen LogP contribution is 2.22. The quantitative estimate of drug-likeness (QED) is 0.627. The van der Waals surface area contributed by atoms with Crippen LogP contribution in [0.4, 0.5) is 0 Å². The lowest BCUT2D eigenvalue weighted by Crippen LogP contribution is -2.26. The van der Waals surface area contributed by atoms with Crippen LogP contribution >= 0.6 is 11.8 Å². The van der Waals surface area contributed by atoms with Gasteiger partial charge in [-0.05, 0) is 29.7 Å². The molecule has 2 N–H and O–H groups in total. The summed E-state index contributed by atoms with van der Waals surface area (Å²) in [7, 11) is 0. The molecule has 0 bridgehead atoms. The summed E-state index contributed by atoms with van der Waals surface area (Å²) >= 11 is 1.05. The van der Waals surface area contributed by atoms with Crippen molar-refractivity contribution in [1.82, 2.24) is 5.32 Å². The number of nitriles is 1. The van der Waals surface area contributed by atoms with E-state index in [-0.39, 0.29) is 17.5 Å². The van der Waals surface area contributed by atoms with Gasteiger partial charge in [-0.15, -0.1) is 5.10 Å². The third-order valence-electron chi connectivity index (χ3n) is 3.13. The maximum absolute atomic E-state index is 11.6. The fraction of sp³-hybridized carbons (Fsp3) is 0.267. The van der Waals surface area contributed by atoms with Gasteiger partial charge in [-0.25, -0.2) is 0 Å². The minimum Gasteiger partial charge on any atom is -0.481 e. The summed E-state index contributed by atoms with van der Waals surface area (Å²) in [6.45, 7) is 1.98. The van der Waals surface area contributed by atoms with Crippen LogP contribution in [0.1, 0.15) is 30.0 Å². The molecule has 23 heavy (non-hydrogen) atoms. The number of carboxylic acids is 1. The Hall–Kier alpha value is -2.66. The number of aryl methyl sites for hydroxylation is 1. The Labute approximate surface area is 137 Å². The lowest BCUT2D eigenvalue weighted by atomic mass is 10.0. The summed E-state index contributed by atoms with van der Waals surface area (Å²) in [6, 6.07) is 7.36. The number of nitrogens with one attached hydrogen (secondary N) is 1. The van der Waals surface area contributed by atoms with Crippen molar-refractivity contribution < 1.29 is 14.7 Å². The van der Waals surface area contributed by atoms with E-state index >= 15 is 0 Å². The molecule has 1 aromatic carbocycles. The smallest absolute Gasteiger partial charge is 0.305 e. The molecule has 118 valence electrons. The largest absolute Gasteiger partial charge is 0.481 e. The van der Waals surface area contributed by atoms with E-state index in [1.807, 2.05) is 6.92 Å². The zero-order valence-corrected chi connectivity index (χ0v) is 13.1. The number of carbonyl (C=O) groups is 2. The minimum atomic E-state index is -1.03. The highest BCUT2D eigenvalue weighted by molar-refractivity contribution is 8.15. The highest BCUT2D eigenvalue weighted by Gasteiger charge is 2.32. The molecule has 0 radical (unpaired) electrons. The number of amides is 1. The van der Waals surface area contributed by atoms with Crippen molar-refractivity contribution in [3.05, 3.63) is 34.9 Å². The SMILES string of the molecule is CCc1cc(C#N)ccc1C=NN=C1NC(=O)C(CC(=O)O)S1. The summed E-state index contributed by atoms with van der Waals surface area (Å²) < 4.78 is 0. The van der Waals surface area contributed by atoms with Crippen molar-refractivity contribution in [2.45, 2.75) is 25.0 Å². The monoisotopic (exact) mass is 330 g/mol. The Morgan fingerprint density at radius 3 is 3.00 bits per heavy atom. The van der Waals surface area contributed by atoms with Gasteiger partial charge in [0, 0.05) is 0 Å². The first-order valence-electron chi connectivity index (χ1n) is 6.86. The number of carbonyl (C=O) groups excluding carboxylic acids is 1. The molecular weight excluding hydrogens is 316 g/mol. The van der Waals surface area contributed by atoms with Gasteiger partial charge in [-0.1, -0.05) is 24.8 Å². The summed E-state index contributed by atoms with van der Waals surface area (Å²) in [5, 5.41) is 27.5. The van der Waals surface area contributed by atoms with Crippen LogP contribution in [0.5, 0.6) is 0 Å². The van der Waals surface area contributed by atoms with E-state index in [4.69, 9.17) is 10.4 Å². The van der Waals surface area contributed by atoms with Gasteiger partial charge in [0.15, 0.2) is 5.17 Å². The minimum absolute atomic E-state index is 0.255. The molecule has 1 atom stereocenters. The third-order valence-corrected chi connectivity index (χ3v) is 4.21. The number of benzene rings is 1. The Balaban J connectivity index is 2.09. The number of thioether (sulfide) groups is 1. The Morgan fingerprint density at radius 2 is 2.35 bits per heavy atom. The molecule has 1 aliphatic heterocycles. The first-order chi connectivity index (χ1) is 11.0. The molecular formula is C15H14N4O3S. The first kappa shape index (κ1) is 16.7. The van der Waals surface area contributed by atoms with Crippen LogP contribution in [0.2, 0.25) is 0 Å². The zero-order chi connectivity index (χ0) is 16.8. The van der Waals surface area contributed by atoms with E-state index < -0.39 is 11.2 Å². The lowest BCUT2D eigenvalue weighted by Gasteiger charge is -2.02. The molecule has 1 saturated heterocycles. The van der Waals surface area contributed by atoms with Crippen LogP contribution in [0.25, 0.3) is 0 Å². The summed E-state index contributed by atoms with van der Waals surface area (Å²) in [6.07, 6.45) is 2.04. The Morgan fingerprint density at radius 1 is 1.57 bits per heavy atom. The van der Waals surface area contributed by atoms with E-state index in [9.17, 15) is 9.59 Å². The van der Waals surface area contributed by atoms with Crippen LogP contribution in [0, 0.1) is 11.3 Å². The number of hydrogen-bond acceptors (Lipinski definition) is 6. The molecule has 1 aromatic rings. The van der Waals surface area contributed by atoms with Crippen molar-refractivity contribution in [3.63, 3.8) is 0 Å². The van der Waals surface area contributed by atoms with Crippen LogP contribution in [-0.2, 0) is 16.0 Å². The predicted octanol–water partition coefficient (Wildman–Crippen LogP) is 1.52. The third kappa shape index (κ3) is 4.40. The molecule has 1 aliphatic rings. The molecule has 1 amide bonds. The van der Waals surface area contributed by atoms with Crippen LogP contribution in [0.15, 0.2) is 28.4 Å². The lowest BCUT2D eigenvalue weighted by molar-refractivity contribution is -0.138.